The van der Waals surface area contributed by atoms with Gasteiger partial charge in [0.2, 0.25) is 0 Å². The Hall–Kier alpha value is -1.55. The number of oxime groups is 1. The summed E-state index contributed by atoms with van der Waals surface area (Å²) in [6.07, 6.45) is 0. The van der Waals surface area contributed by atoms with Gasteiger partial charge in [0.05, 0.1) is 5.71 Å². The van der Waals surface area contributed by atoms with Crippen molar-refractivity contribution in [3.63, 3.8) is 0 Å². The van der Waals surface area contributed by atoms with E-state index in [0.717, 1.165) is 5.56 Å². The van der Waals surface area contributed by atoms with Gasteiger partial charge in [0, 0.05) is 10.6 Å². The van der Waals surface area contributed by atoms with E-state index in [1.54, 1.807) is 19.1 Å². The molecule has 2 N–H and O–H groups in total. The van der Waals surface area contributed by atoms with Crippen LogP contribution < -0.4 is 5.84 Å². The molecule has 0 aliphatic heterocycles. The lowest BCUT2D eigenvalue weighted by atomic mass is 10.1. The van der Waals surface area contributed by atoms with Crippen molar-refractivity contribution >= 4 is 23.0 Å². The molecule has 4 nitrogen and oxygen atoms in total. The monoisotopic (exact) mass is 225 g/mol. The maximum atomic E-state index is 5.78. The van der Waals surface area contributed by atoms with Gasteiger partial charge in [0.25, 0.3) is 0 Å². The molecular weight excluding hydrogens is 214 g/mol. The van der Waals surface area contributed by atoms with Crippen LogP contribution in [0.3, 0.4) is 0 Å². The van der Waals surface area contributed by atoms with Crippen LogP contribution in [0.1, 0.15) is 12.5 Å². The van der Waals surface area contributed by atoms with Crippen molar-refractivity contribution in [2.45, 2.75) is 6.92 Å². The fraction of sp³-hybridized carbons (Fsp3) is 0.200. The van der Waals surface area contributed by atoms with Gasteiger partial charge in [-0.1, -0.05) is 28.9 Å². The average molecular weight is 226 g/mol. The Morgan fingerprint density at radius 1 is 1.33 bits per heavy atom. The fourth-order valence-electron chi connectivity index (χ4n) is 1.09. The lowest BCUT2D eigenvalue weighted by molar-refractivity contribution is 0.214. The zero-order valence-corrected chi connectivity index (χ0v) is 9.32. The molecule has 15 heavy (non-hydrogen) atoms. The Morgan fingerprint density at radius 2 is 1.93 bits per heavy atom. The van der Waals surface area contributed by atoms with Crippen LogP contribution in [0.5, 0.6) is 0 Å². The van der Waals surface area contributed by atoms with Crippen LogP contribution >= 0.6 is 11.6 Å². The summed E-state index contributed by atoms with van der Waals surface area (Å²) in [5.41, 5.74) is 2.05. The molecule has 5 heteroatoms. The van der Waals surface area contributed by atoms with Crippen molar-refractivity contribution in [3.05, 3.63) is 34.9 Å². The van der Waals surface area contributed by atoms with Gasteiger partial charge in [-0.15, -0.1) is 0 Å². The number of nitrogens with two attached hydrogens (primary N) is 1. The first kappa shape index (κ1) is 11.5. The molecule has 0 aliphatic carbocycles. The molecule has 0 amide bonds. The number of halogens is 1. The first-order valence-corrected chi connectivity index (χ1v) is 4.68. The van der Waals surface area contributed by atoms with Crippen molar-refractivity contribution in [2.24, 2.45) is 16.1 Å². The van der Waals surface area contributed by atoms with E-state index >= 15 is 0 Å². The maximum absolute atomic E-state index is 5.78. The third kappa shape index (κ3) is 2.95. The topological polar surface area (TPSA) is 60.0 Å². The summed E-state index contributed by atoms with van der Waals surface area (Å²) >= 11 is 5.78. The average Bonchev–Trinajstić information content (AvgIpc) is 2.26. The fourth-order valence-corrected chi connectivity index (χ4v) is 1.21. The quantitative estimate of drug-likeness (QED) is 0.486. The van der Waals surface area contributed by atoms with Gasteiger partial charge >= 0.3 is 0 Å². The summed E-state index contributed by atoms with van der Waals surface area (Å²) in [4.78, 5) is 4.73. The number of benzene rings is 1. The smallest absolute Gasteiger partial charge is 0.132 e. The molecule has 1 rings (SSSR count). The van der Waals surface area contributed by atoms with Crippen LogP contribution in [0.25, 0.3) is 0 Å². The van der Waals surface area contributed by atoms with E-state index in [9.17, 15) is 0 Å². The molecule has 1 aromatic rings. The second-order valence-electron chi connectivity index (χ2n) is 2.84. The highest BCUT2D eigenvalue weighted by Crippen LogP contribution is 2.11. The zero-order chi connectivity index (χ0) is 11.3. The summed E-state index contributed by atoms with van der Waals surface area (Å²) in [5.74, 6) is 5.20. The molecule has 0 saturated heterocycles. The molecule has 0 aliphatic rings. The SMILES string of the molecule is CO/N=C(\C(C)=N\N)c1ccc(Cl)cc1. The minimum absolute atomic E-state index is 0.594. The summed E-state index contributed by atoms with van der Waals surface area (Å²) in [5, 5.41) is 8.10. The molecular formula is C10H12ClN3O. The van der Waals surface area contributed by atoms with Crippen LogP contribution in [0.15, 0.2) is 34.5 Å². The minimum atomic E-state index is 0.594. The molecule has 0 saturated carbocycles. The third-order valence-electron chi connectivity index (χ3n) is 1.84. The van der Waals surface area contributed by atoms with E-state index in [0.29, 0.717) is 16.4 Å². The van der Waals surface area contributed by atoms with Gasteiger partial charge < -0.3 is 10.7 Å². The second-order valence-corrected chi connectivity index (χ2v) is 3.28. The van der Waals surface area contributed by atoms with E-state index in [1.165, 1.54) is 7.11 Å². The highest BCUT2D eigenvalue weighted by atomic mass is 35.5. The van der Waals surface area contributed by atoms with Gasteiger partial charge in [-0.2, -0.15) is 5.10 Å². The largest absolute Gasteiger partial charge is 0.399 e. The van der Waals surface area contributed by atoms with Crippen molar-refractivity contribution < 1.29 is 4.84 Å². The molecule has 0 radical (unpaired) electrons. The molecule has 0 aromatic heterocycles. The summed E-state index contributed by atoms with van der Waals surface area (Å²) < 4.78 is 0. The Kier molecular flexibility index (Phi) is 4.12. The van der Waals surface area contributed by atoms with E-state index in [2.05, 4.69) is 10.3 Å². The van der Waals surface area contributed by atoms with E-state index in [-0.39, 0.29) is 0 Å². The second kappa shape index (κ2) is 5.36. The lowest BCUT2D eigenvalue weighted by Crippen LogP contribution is -2.14. The van der Waals surface area contributed by atoms with E-state index in [4.69, 9.17) is 22.3 Å². The molecule has 0 fully saturated rings. The predicted molar refractivity (Wildman–Crippen MR) is 62.3 cm³/mol. The number of hydrogen-bond donors (Lipinski definition) is 1. The summed E-state index contributed by atoms with van der Waals surface area (Å²) in [7, 11) is 1.47. The molecule has 0 spiro atoms. The van der Waals surface area contributed by atoms with Crippen LogP contribution in [0.2, 0.25) is 5.02 Å². The molecule has 0 heterocycles. The Balaban J connectivity index is 3.11. The van der Waals surface area contributed by atoms with E-state index in [1.807, 2.05) is 12.1 Å². The number of hydrazone groups is 1. The molecule has 0 unspecified atom stereocenters. The van der Waals surface area contributed by atoms with Gasteiger partial charge in [0.15, 0.2) is 0 Å². The van der Waals surface area contributed by atoms with Crippen molar-refractivity contribution in [1.29, 1.82) is 0 Å². The lowest BCUT2D eigenvalue weighted by Gasteiger charge is -2.04. The molecule has 0 atom stereocenters. The number of hydrogen-bond acceptors (Lipinski definition) is 4. The van der Waals surface area contributed by atoms with E-state index < -0.39 is 0 Å². The normalized spacial score (nSPS) is 12.7. The van der Waals surface area contributed by atoms with Crippen molar-refractivity contribution in [1.82, 2.24) is 0 Å². The third-order valence-corrected chi connectivity index (χ3v) is 2.09. The van der Waals surface area contributed by atoms with Gasteiger partial charge in [0.1, 0.15) is 12.8 Å². The first-order chi connectivity index (χ1) is 7.19. The van der Waals surface area contributed by atoms with Crippen LogP contribution in [-0.2, 0) is 4.84 Å². The van der Waals surface area contributed by atoms with Crippen LogP contribution in [0, 0.1) is 0 Å². The standard InChI is InChI=1S/C10H12ClN3O/c1-7(13-12)10(14-15-2)8-3-5-9(11)6-4-8/h3-6H,12H2,1-2H3/b13-7+,14-10+. The zero-order valence-electron chi connectivity index (χ0n) is 8.57. The maximum Gasteiger partial charge on any atom is 0.132 e. The van der Waals surface area contributed by atoms with Crippen LogP contribution in [-0.4, -0.2) is 18.5 Å². The summed E-state index contributed by atoms with van der Waals surface area (Å²) in [6.45, 7) is 1.76. The Bertz CT molecular complexity index is 384. The number of rotatable bonds is 3. The Labute approximate surface area is 93.4 Å². The highest BCUT2D eigenvalue weighted by Gasteiger charge is 2.08. The van der Waals surface area contributed by atoms with Crippen LogP contribution in [0.4, 0.5) is 0 Å². The van der Waals surface area contributed by atoms with Gasteiger partial charge in [-0.3, -0.25) is 0 Å². The highest BCUT2D eigenvalue weighted by molar-refractivity contribution is 6.47. The van der Waals surface area contributed by atoms with Gasteiger partial charge in [-0.25, -0.2) is 0 Å². The minimum Gasteiger partial charge on any atom is -0.399 e. The van der Waals surface area contributed by atoms with Crippen molar-refractivity contribution in [2.75, 3.05) is 7.11 Å². The first-order valence-electron chi connectivity index (χ1n) is 4.31. The molecule has 80 valence electrons. The predicted octanol–water partition coefficient (Wildman–Crippen LogP) is 2.03. The number of nitrogens with zero attached hydrogens (tertiary/aromatic N) is 2. The van der Waals surface area contributed by atoms with Gasteiger partial charge in [-0.05, 0) is 19.1 Å². The Morgan fingerprint density at radius 3 is 2.40 bits per heavy atom. The molecule has 0 bridgehead atoms. The summed E-state index contributed by atoms with van der Waals surface area (Å²) in [6, 6.07) is 7.20. The van der Waals surface area contributed by atoms with Crippen molar-refractivity contribution in [3.8, 4) is 0 Å². The molecule has 1 aromatic carbocycles.